The van der Waals surface area contributed by atoms with Crippen LogP contribution in [0.2, 0.25) is 0 Å². The lowest BCUT2D eigenvalue weighted by molar-refractivity contribution is -0.146. The predicted molar refractivity (Wildman–Crippen MR) is 90.4 cm³/mol. The monoisotopic (exact) mass is 432 g/mol. The Balaban J connectivity index is 1.56. The van der Waals surface area contributed by atoms with Gasteiger partial charge in [0.15, 0.2) is 5.65 Å². The third-order valence-electron chi connectivity index (χ3n) is 5.02. The van der Waals surface area contributed by atoms with Crippen LogP contribution >= 0.6 is 0 Å². The molecule has 1 N–H and O–H groups in total. The van der Waals surface area contributed by atoms with Gasteiger partial charge in [0.05, 0.1) is 11.2 Å². The topological polar surface area (TPSA) is 79.4 Å². The number of hydrogen-bond donors (Lipinski definition) is 1. The van der Waals surface area contributed by atoms with Gasteiger partial charge in [-0.2, -0.15) is 30.9 Å². The number of nitrogens with zero attached hydrogens (tertiary/aromatic N) is 6. The fourth-order valence-electron chi connectivity index (χ4n) is 3.37. The second-order valence-electron chi connectivity index (χ2n) is 6.96. The molecular weight excluding hydrogens is 418 g/mol. The highest BCUT2D eigenvalue weighted by Crippen LogP contribution is 2.37. The Hall–Kier alpha value is -2.96. The third-order valence-corrected chi connectivity index (χ3v) is 5.02. The molecule has 3 aromatic rings. The fourth-order valence-corrected chi connectivity index (χ4v) is 3.37. The van der Waals surface area contributed by atoms with E-state index < -0.39 is 29.3 Å². The second kappa shape index (κ2) is 6.79. The van der Waals surface area contributed by atoms with Gasteiger partial charge in [0, 0.05) is 31.0 Å². The minimum atomic E-state index is -4.73. The molecule has 4 heterocycles. The summed E-state index contributed by atoms with van der Waals surface area (Å²) >= 11 is 0. The highest BCUT2D eigenvalue weighted by molar-refractivity contribution is 5.46. The van der Waals surface area contributed by atoms with Crippen molar-refractivity contribution in [3.8, 4) is 0 Å². The zero-order chi connectivity index (χ0) is 21.7. The maximum Gasteiger partial charge on any atom is 0.453 e. The first kappa shape index (κ1) is 20.3. The van der Waals surface area contributed by atoms with E-state index in [1.807, 2.05) is 0 Å². The molecule has 7 nitrogen and oxygen atoms in total. The quantitative estimate of drug-likeness (QED) is 0.628. The maximum absolute atomic E-state index is 13.0. The molecule has 0 atom stereocenters. The summed E-state index contributed by atoms with van der Waals surface area (Å²) in [5.74, 6) is -1.06. The minimum Gasteiger partial charge on any atom is -0.385 e. The zero-order valence-electron chi connectivity index (χ0n) is 15.1. The smallest absolute Gasteiger partial charge is 0.385 e. The molecular formula is C17H14F6N6O. The van der Waals surface area contributed by atoms with Crippen molar-refractivity contribution in [2.45, 2.75) is 30.8 Å². The average molecular weight is 432 g/mol. The van der Waals surface area contributed by atoms with E-state index in [0.29, 0.717) is 10.7 Å². The minimum absolute atomic E-state index is 0.0403. The Bertz CT molecular complexity index is 1070. The number of hydrogen-bond acceptors (Lipinski definition) is 6. The van der Waals surface area contributed by atoms with Crippen molar-refractivity contribution in [2.75, 3.05) is 18.0 Å². The number of piperidine rings is 1. The van der Waals surface area contributed by atoms with Gasteiger partial charge in [-0.05, 0) is 31.0 Å². The molecule has 1 aliphatic rings. The Morgan fingerprint density at radius 3 is 2.27 bits per heavy atom. The standard InChI is InChI=1S/C17H14F6N6O/c18-16(19,20)11-7-10(8-24-9-11)15(30)3-5-28(6-4-15)13-2-1-12-25-26-14(17(21,22)23)29(12)27-13/h1-2,7-9,30H,3-6H2. The lowest BCUT2D eigenvalue weighted by Crippen LogP contribution is -2.43. The zero-order valence-corrected chi connectivity index (χ0v) is 15.1. The number of anilines is 1. The number of aliphatic hydroxyl groups is 1. The largest absolute Gasteiger partial charge is 0.453 e. The van der Waals surface area contributed by atoms with E-state index in [-0.39, 0.29) is 43.0 Å². The van der Waals surface area contributed by atoms with Crippen LogP contribution in [0.5, 0.6) is 0 Å². The number of rotatable bonds is 2. The van der Waals surface area contributed by atoms with E-state index >= 15 is 0 Å². The first-order chi connectivity index (χ1) is 14.0. The molecule has 13 heteroatoms. The van der Waals surface area contributed by atoms with E-state index in [4.69, 9.17) is 0 Å². The SMILES string of the molecule is OC1(c2cncc(C(F)(F)F)c2)CCN(c2ccc3nnc(C(F)(F)F)n3n2)CC1. The van der Waals surface area contributed by atoms with Crippen LogP contribution in [0.4, 0.5) is 32.2 Å². The summed E-state index contributed by atoms with van der Waals surface area (Å²) in [5, 5.41) is 21.4. The molecule has 0 radical (unpaired) electrons. The first-order valence-electron chi connectivity index (χ1n) is 8.77. The van der Waals surface area contributed by atoms with E-state index in [1.54, 1.807) is 4.90 Å². The van der Waals surface area contributed by atoms with Gasteiger partial charge in [0.1, 0.15) is 5.82 Å². The summed E-state index contributed by atoms with van der Waals surface area (Å²) in [4.78, 5) is 5.21. The van der Waals surface area contributed by atoms with Crippen molar-refractivity contribution in [1.29, 1.82) is 0 Å². The van der Waals surface area contributed by atoms with E-state index in [9.17, 15) is 31.4 Å². The molecule has 30 heavy (non-hydrogen) atoms. The number of halogens is 6. The van der Waals surface area contributed by atoms with Crippen LogP contribution in [0.15, 0.2) is 30.6 Å². The molecule has 0 bridgehead atoms. The Morgan fingerprint density at radius 2 is 1.63 bits per heavy atom. The van der Waals surface area contributed by atoms with Crippen LogP contribution in [0.1, 0.15) is 29.8 Å². The van der Waals surface area contributed by atoms with E-state index in [1.165, 1.54) is 18.3 Å². The Labute approximate surface area is 165 Å². The van der Waals surface area contributed by atoms with E-state index in [2.05, 4.69) is 20.3 Å². The van der Waals surface area contributed by atoms with Crippen molar-refractivity contribution in [1.82, 2.24) is 24.8 Å². The van der Waals surface area contributed by atoms with E-state index in [0.717, 1.165) is 6.07 Å². The van der Waals surface area contributed by atoms with Crippen LogP contribution in [-0.2, 0) is 18.0 Å². The summed E-state index contributed by atoms with van der Waals surface area (Å²) in [5.41, 5.74) is -2.54. The van der Waals surface area contributed by atoms with Crippen molar-refractivity contribution in [3.05, 3.63) is 47.5 Å². The summed E-state index contributed by atoms with van der Waals surface area (Å²) < 4.78 is 78.5. The highest BCUT2D eigenvalue weighted by Gasteiger charge is 2.39. The Morgan fingerprint density at radius 1 is 0.933 bits per heavy atom. The van der Waals surface area contributed by atoms with Crippen LogP contribution in [0.3, 0.4) is 0 Å². The molecule has 1 fully saturated rings. The van der Waals surface area contributed by atoms with Gasteiger partial charge in [-0.3, -0.25) is 4.98 Å². The molecule has 0 saturated carbocycles. The van der Waals surface area contributed by atoms with Gasteiger partial charge in [-0.15, -0.1) is 15.3 Å². The highest BCUT2D eigenvalue weighted by atomic mass is 19.4. The van der Waals surface area contributed by atoms with Gasteiger partial charge >= 0.3 is 12.4 Å². The van der Waals surface area contributed by atoms with Crippen LogP contribution < -0.4 is 4.90 Å². The number of fused-ring (bicyclic) bond motifs is 1. The number of aromatic nitrogens is 5. The predicted octanol–water partition coefficient (Wildman–Crippen LogP) is 3.04. The molecule has 3 aromatic heterocycles. The van der Waals surface area contributed by atoms with Gasteiger partial charge in [-0.25, -0.2) is 0 Å². The fraction of sp³-hybridized carbons (Fsp3) is 0.412. The van der Waals surface area contributed by atoms with Gasteiger partial charge in [0.2, 0.25) is 0 Å². The summed E-state index contributed by atoms with van der Waals surface area (Å²) in [6, 6.07) is 3.67. The molecule has 0 amide bonds. The van der Waals surface area contributed by atoms with Crippen molar-refractivity contribution < 1.29 is 31.4 Å². The molecule has 4 rings (SSSR count). The Kier molecular flexibility index (Phi) is 4.60. The summed E-state index contributed by atoms with van der Waals surface area (Å²) in [7, 11) is 0. The molecule has 160 valence electrons. The molecule has 0 aromatic carbocycles. The van der Waals surface area contributed by atoms with Gasteiger partial charge in [-0.1, -0.05) is 0 Å². The number of alkyl halides is 6. The summed E-state index contributed by atoms with van der Waals surface area (Å²) in [6.45, 7) is 0.323. The van der Waals surface area contributed by atoms with Gasteiger partial charge < -0.3 is 10.0 Å². The molecule has 1 aliphatic heterocycles. The molecule has 0 spiro atoms. The summed E-state index contributed by atoms with van der Waals surface area (Å²) in [6.07, 6.45) is -7.37. The third kappa shape index (κ3) is 3.64. The maximum atomic E-state index is 13.0. The normalized spacial score (nSPS) is 17.5. The number of pyridine rings is 1. The molecule has 0 aliphatic carbocycles. The van der Waals surface area contributed by atoms with Crippen LogP contribution in [-0.4, -0.2) is 43.0 Å². The van der Waals surface area contributed by atoms with Gasteiger partial charge in [0.25, 0.3) is 5.82 Å². The van der Waals surface area contributed by atoms with Crippen molar-refractivity contribution >= 4 is 11.5 Å². The lowest BCUT2D eigenvalue weighted by Gasteiger charge is -2.39. The first-order valence-corrected chi connectivity index (χ1v) is 8.77. The van der Waals surface area contributed by atoms with Crippen molar-refractivity contribution in [3.63, 3.8) is 0 Å². The second-order valence-corrected chi connectivity index (χ2v) is 6.96. The average Bonchev–Trinajstić information content (AvgIpc) is 3.12. The molecule has 0 unspecified atom stereocenters. The van der Waals surface area contributed by atoms with Crippen molar-refractivity contribution in [2.24, 2.45) is 0 Å². The molecule has 1 saturated heterocycles. The lowest BCUT2D eigenvalue weighted by atomic mass is 9.85. The van der Waals surface area contributed by atoms with Crippen LogP contribution in [0.25, 0.3) is 5.65 Å². The van der Waals surface area contributed by atoms with Crippen LogP contribution in [0, 0.1) is 0 Å².